The van der Waals surface area contributed by atoms with Crippen molar-refractivity contribution < 1.29 is 4.42 Å². The van der Waals surface area contributed by atoms with Gasteiger partial charge in [0.2, 0.25) is 0 Å². The second-order valence-corrected chi connectivity index (χ2v) is 13.6. The van der Waals surface area contributed by atoms with E-state index < -0.39 is 0 Å². The van der Waals surface area contributed by atoms with E-state index in [0.29, 0.717) is 0 Å². The molecule has 0 spiro atoms. The van der Waals surface area contributed by atoms with E-state index in [4.69, 9.17) is 4.42 Å². The molecule has 51 heavy (non-hydrogen) atoms. The highest BCUT2D eigenvalue weighted by Gasteiger charge is 2.19. The zero-order valence-corrected chi connectivity index (χ0v) is 27.7. The van der Waals surface area contributed by atoms with Crippen molar-refractivity contribution in [3.05, 3.63) is 182 Å². The van der Waals surface area contributed by atoms with Gasteiger partial charge in [0.25, 0.3) is 0 Å². The fourth-order valence-corrected chi connectivity index (χ4v) is 8.52. The molecule has 0 saturated carbocycles. The van der Waals surface area contributed by atoms with E-state index in [9.17, 15) is 0 Å². The van der Waals surface area contributed by atoms with Gasteiger partial charge < -0.3 is 4.42 Å². The van der Waals surface area contributed by atoms with Gasteiger partial charge in [0, 0.05) is 16.2 Å². The average molecular weight is 647 g/mol. The van der Waals surface area contributed by atoms with Crippen LogP contribution in [0.1, 0.15) is 0 Å². The average Bonchev–Trinajstić information content (AvgIpc) is 3.58. The van der Waals surface area contributed by atoms with Crippen molar-refractivity contribution in [3.63, 3.8) is 0 Å². The molecule has 0 unspecified atom stereocenters. The van der Waals surface area contributed by atoms with E-state index in [1.165, 1.54) is 81.9 Å². The molecule has 1 heterocycles. The first-order chi connectivity index (χ1) is 25.3. The zero-order chi connectivity index (χ0) is 33.5. The topological polar surface area (TPSA) is 13.1 Å². The molecule has 10 aromatic carbocycles. The summed E-state index contributed by atoms with van der Waals surface area (Å²) < 4.78 is 6.49. The predicted octanol–water partition coefficient (Wildman–Crippen LogP) is 14.4. The number of rotatable bonds is 3. The van der Waals surface area contributed by atoms with Crippen LogP contribution in [0.5, 0.6) is 0 Å². The van der Waals surface area contributed by atoms with Crippen LogP contribution in [0.2, 0.25) is 0 Å². The molecule has 0 aliphatic carbocycles. The van der Waals surface area contributed by atoms with Gasteiger partial charge in [0.15, 0.2) is 0 Å². The maximum Gasteiger partial charge on any atom is 0.143 e. The number of hydrogen-bond donors (Lipinski definition) is 0. The van der Waals surface area contributed by atoms with Crippen LogP contribution < -0.4 is 0 Å². The van der Waals surface area contributed by atoms with Crippen molar-refractivity contribution in [1.82, 2.24) is 0 Å². The zero-order valence-electron chi connectivity index (χ0n) is 27.7. The fourth-order valence-electron chi connectivity index (χ4n) is 8.52. The summed E-state index contributed by atoms with van der Waals surface area (Å²) in [6.45, 7) is 0. The molecule has 0 aliphatic rings. The Morgan fingerprint density at radius 3 is 1.47 bits per heavy atom. The number of benzene rings is 10. The molecule has 0 bridgehead atoms. The minimum absolute atomic E-state index is 0.912. The highest BCUT2D eigenvalue weighted by Crippen LogP contribution is 2.46. The van der Waals surface area contributed by atoms with Crippen molar-refractivity contribution >= 4 is 75.8 Å². The lowest BCUT2D eigenvalue weighted by Gasteiger charge is -2.18. The molecule has 0 fully saturated rings. The van der Waals surface area contributed by atoms with Crippen LogP contribution in [0.4, 0.5) is 0 Å². The molecule has 11 rings (SSSR count). The third-order valence-corrected chi connectivity index (χ3v) is 10.8. The smallest absolute Gasteiger partial charge is 0.143 e. The molecule has 0 aliphatic heterocycles. The van der Waals surface area contributed by atoms with Gasteiger partial charge in [0.05, 0.1) is 0 Å². The van der Waals surface area contributed by atoms with E-state index in [1.54, 1.807) is 0 Å². The van der Waals surface area contributed by atoms with Crippen molar-refractivity contribution in [3.8, 4) is 33.4 Å². The van der Waals surface area contributed by atoms with Crippen LogP contribution in [0.3, 0.4) is 0 Å². The van der Waals surface area contributed by atoms with Gasteiger partial charge in [-0.25, -0.2) is 0 Å². The minimum atomic E-state index is 0.912. The highest BCUT2D eigenvalue weighted by molar-refractivity contribution is 6.23. The largest absolute Gasteiger partial charge is 0.455 e. The van der Waals surface area contributed by atoms with Gasteiger partial charge in [-0.1, -0.05) is 158 Å². The van der Waals surface area contributed by atoms with Gasteiger partial charge in [0.1, 0.15) is 11.2 Å². The Bertz CT molecular complexity index is 3120. The Hall–Kier alpha value is -6.70. The SMILES string of the molecule is c1ccc2c(c1)cc(-c1ccc(-c3c4ccccc4c(-c4ccc5oc6c7ccccc7ccc6c5c4)c4ccccc34)cc1)c1ccccc12. The summed E-state index contributed by atoms with van der Waals surface area (Å²) >= 11 is 0. The maximum atomic E-state index is 6.49. The van der Waals surface area contributed by atoms with Crippen LogP contribution in [-0.4, -0.2) is 0 Å². The summed E-state index contributed by atoms with van der Waals surface area (Å²) in [6.07, 6.45) is 0. The first kappa shape index (κ1) is 28.2. The lowest BCUT2D eigenvalue weighted by Crippen LogP contribution is -1.91. The molecule has 1 nitrogen and oxygen atoms in total. The monoisotopic (exact) mass is 646 g/mol. The van der Waals surface area contributed by atoms with Crippen molar-refractivity contribution in [2.45, 2.75) is 0 Å². The Labute approximate surface area is 294 Å². The quantitative estimate of drug-likeness (QED) is 0.138. The molecule has 0 N–H and O–H groups in total. The van der Waals surface area contributed by atoms with Crippen LogP contribution in [0.25, 0.3) is 109 Å². The predicted molar refractivity (Wildman–Crippen MR) is 218 cm³/mol. The van der Waals surface area contributed by atoms with Crippen LogP contribution in [0, 0.1) is 0 Å². The molecule has 1 heteroatoms. The summed E-state index contributed by atoms with van der Waals surface area (Å²) in [5, 5.41) is 14.7. The first-order valence-corrected chi connectivity index (χ1v) is 17.6. The van der Waals surface area contributed by atoms with E-state index in [-0.39, 0.29) is 0 Å². The highest BCUT2D eigenvalue weighted by atomic mass is 16.3. The number of fused-ring (bicyclic) bond motifs is 10. The Morgan fingerprint density at radius 1 is 0.275 bits per heavy atom. The molecule has 0 saturated heterocycles. The van der Waals surface area contributed by atoms with Gasteiger partial charge in [-0.15, -0.1) is 0 Å². The van der Waals surface area contributed by atoms with Gasteiger partial charge in [-0.3, -0.25) is 0 Å². The van der Waals surface area contributed by atoms with Crippen molar-refractivity contribution in [2.24, 2.45) is 0 Å². The van der Waals surface area contributed by atoms with Crippen LogP contribution in [-0.2, 0) is 0 Å². The molecule has 236 valence electrons. The van der Waals surface area contributed by atoms with Crippen molar-refractivity contribution in [1.29, 1.82) is 0 Å². The fraction of sp³-hybridized carbons (Fsp3) is 0. The van der Waals surface area contributed by atoms with Crippen LogP contribution in [0.15, 0.2) is 186 Å². The lowest BCUT2D eigenvalue weighted by molar-refractivity contribution is 0.672. The van der Waals surface area contributed by atoms with E-state index in [1.807, 2.05) is 0 Å². The maximum absolute atomic E-state index is 6.49. The van der Waals surface area contributed by atoms with Gasteiger partial charge in [-0.05, 0) is 106 Å². The molecule has 11 aromatic rings. The minimum Gasteiger partial charge on any atom is -0.455 e. The van der Waals surface area contributed by atoms with Gasteiger partial charge >= 0.3 is 0 Å². The summed E-state index contributed by atoms with van der Waals surface area (Å²) in [4.78, 5) is 0. The summed E-state index contributed by atoms with van der Waals surface area (Å²) in [6, 6.07) is 66.3. The normalized spacial score (nSPS) is 11.9. The number of hydrogen-bond acceptors (Lipinski definition) is 1. The van der Waals surface area contributed by atoms with Gasteiger partial charge in [-0.2, -0.15) is 0 Å². The third-order valence-electron chi connectivity index (χ3n) is 10.8. The second kappa shape index (κ2) is 10.9. The molecule has 0 atom stereocenters. The molecule has 0 amide bonds. The standard InChI is InChI=1S/C50H30O/c1-4-14-37-31(11-1)25-27-44-46-30-35(26-28-47(46)51-50(37)44)49-42-19-9-7-17-40(42)48(41-18-8-10-20-43(41)49)33-23-21-32(22-24-33)45-29-34-12-2-3-13-36(34)38-15-5-6-16-39(38)45/h1-30H. The van der Waals surface area contributed by atoms with Crippen molar-refractivity contribution in [2.75, 3.05) is 0 Å². The molecule has 0 radical (unpaired) electrons. The summed E-state index contributed by atoms with van der Waals surface area (Å²) in [5.41, 5.74) is 9.26. The second-order valence-electron chi connectivity index (χ2n) is 13.6. The summed E-state index contributed by atoms with van der Waals surface area (Å²) in [5.74, 6) is 0. The molecule has 1 aromatic heterocycles. The first-order valence-electron chi connectivity index (χ1n) is 17.6. The third kappa shape index (κ3) is 4.22. The Kier molecular flexibility index (Phi) is 6.02. The lowest BCUT2D eigenvalue weighted by atomic mass is 9.85. The van der Waals surface area contributed by atoms with Crippen LogP contribution >= 0.6 is 0 Å². The summed E-state index contributed by atoms with van der Waals surface area (Å²) in [7, 11) is 0. The molecular formula is C50H30O. The van der Waals surface area contributed by atoms with E-state index in [2.05, 4.69) is 182 Å². The van der Waals surface area contributed by atoms with E-state index >= 15 is 0 Å². The molecular weight excluding hydrogens is 617 g/mol. The number of furan rings is 1. The Morgan fingerprint density at radius 2 is 0.784 bits per heavy atom. The Balaban J connectivity index is 1.11. The van der Waals surface area contributed by atoms with E-state index in [0.717, 1.165) is 27.3 Å².